The van der Waals surface area contributed by atoms with Gasteiger partial charge in [0, 0.05) is 11.6 Å². The van der Waals surface area contributed by atoms with E-state index in [0.29, 0.717) is 5.82 Å². The maximum Gasteiger partial charge on any atom is 0.251 e. The minimum Gasteiger partial charge on any atom is -0.311 e. The molecule has 2 rings (SSSR count). The van der Waals surface area contributed by atoms with E-state index in [4.69, 9.17) is 0 Å². The summed E-state index contributed by atoms with van der Waals surface area (Å²) in [4.78, 5) is 18.4. The summed E-state index contributed by atoms with van der Waals surface area (Å²) in [5.41, 5.74) is 4.03. The van der Waals surface area contributed by atoms with E-state index in [1.54, 1.807) is 6.92 Å². The van der Waals surface area contributed by atoms with Crippen molar-refractivity contribution in [3.8, 4) is 11.3 Å². The van der Waals surface area contributed by atoms with Crippen LogP contribution >= 0.6 is 0 Å². The number of aryl methyl sites for hydroxylation is 2. The maximum absolute atomic E-state index is 11.4. The number of aromatic nitrogens is 2. The normalized spacial score (nSPS) is 10.4. The molecular formula is C13H14N2O. The molecule has 0 radical (unpaired) electrons. The third kappa shape index (κ3) is 1.89. The number of hydrogen-bond donors (Lipinski definition) is 1. The number of nitrogens with one attached hydrogen (secondary N) is 1. The number of hydrogen-bond acceptors (Lipinski definition) is 2. The molecule has 0 atom stereocenters. The molecule has 0 saturated carbocycles. The summed E-state index contributed by atoms with van der Waals surface area (Å²) >= 11 is 0. The van der Waals surface area contributed by atoms with E-state index in [1.807, 2.05) is 19.1 Å². The van der Waals surface area contributed by atoms with Gasteiger partial charge in [-0.05, 0) is 31.9 Å². The van der Waals surface area contributed by atoms with Gasteiger partial charge in [-0.3, -0.25) is 4.79 Å². The molecule has 16 heavy (non-hydrogen) atoms. The van der Waals surface area contributed by atoms with Gasteiger partial charge in [0.15, 0.2) is 0 Å². The minimum atomic E-state index is -0.108. The van der Waals surface area contributed by atoms with E-state index in [2.05, 4.69) is 23.0 Å². The minimum absolute atomic E-state index is 0.108. The number of rotatable bonds is 1. The first-order chi connectivity index (χ1) is 7.58. The Morgan fingerprint density at radius 2 is 1.94 bits per heavy atom. The van der Waals surface area contributed by atoms with E-state index in [1.165, 1.54) is 17.2 Å². The Hall–Kier alpha value is -1.90. The third-order valence-corrected chi connectivity index (χ3v) is 2.74. The second kappa shape index (κ2) is 3.93. The highest BCUT2D eigenvalue weighted by Gasteiger charge is 2.06. The van der Waals surface area contributed by atoms with Gasteiger partial charge in [-0.1, -0.05) is 18.2 Å². The molecule has 0 aliphatic carbocycles. The lowest BCUT2D eigenvalue weighted by Crippen LogP contribution is -2.08. The molecule has 1 N–H and O–H groups in total. The molecular weight excluding hydrogens is 200 g/mol. The SMILES string of the molecule is Cc1nc(-c2cccc(C)c2C)cc(=O)[nH]1. The largest absolute Gasteiger partial charge is 0.311 e. The molecule has 0 aliphatic rings. The van der Waals surface area contributed by atoms with Crippen LogP contribution in [0.15, 0.2) is 29.1 Å². The van der Waals surface area contributed by atoms with Crippen molar-refractivity contribution >= 4 is 0 Å². The molecule has 1 heterocycles. The quantitative estimate of drug-likeness (QED) is 0.792. The van der Waals surface area contributed by atoms with Gasteiger partial charge in [-0.2, -0.15) is 0 Å². The Bertz CT molecular complexity index is 585. The first-order valence-corrected chi connectivity index (χ1v) is 5.22. The van der Waals surface area contributed by atoms with Crippen LogP contribution in [0.3, 0.4) is 0 Å². The highest BCUT2D eigenvalue weighted by molar-refractivity contribution is 5.64. The number of aromatic amines is 1. The Morgan fingerprint density at radius 1 is 1.19 bits per heavy atom. The lowest BCUT2D eigenvalue weighted by Gasteiger charge is -2.07. The highest BCUT2D eigenvalue weighted by Crippen LogP contribution is 2.22. The van der Waals surface area contributed by atoms with Crippen molar-refractivity contribution < 1.29 is 0 Å². The van der Waals surface area contributed by atoms with E-state index >= 15 is 0 Å². The Morgan fingerprint density at radius 3 is 2.62 bits per heavy atom. The predicted molar refractivity (Wildman–Crippen MR) is 64.5 cm³/mol. The predicted octanol–water partition coefficient (Wildman–Crippen LogP) is 2.36. The Kier molecular flexibility index (Phi) is 2.60. The van der Waals surface area contributed by atoms with Crippen LogP contribution in [0.4, 0.5) is 0 Å². The fraction of sp³-hybridized carbons (Fsp3) is 0.231. The molecule has 1 aromatic carbocycles. The monoisotopic (exact) mass is 214 g/mol. The van der Waals surface area contributed by atoms with Gasteiger partial charge in [0.25, 0.3) is 5.56 Å². The van der Waals surface area contributed by atoms with Gasteiger partial charge >= 0.3 is 0 Å². The van der Waals surface area contributed by atoms with Gasteiger partial charge in [0.2, 0.25) is 0 Å². The molecule has 3 heteroatoms. The van der Waals surface area contributed by atoms with Crippen LogP contribution in [-0.4, -0.2) is 9.97 Å². The van der Waals surface area contributed by atoms with Crippen LogP contribution in [0.1, 0.15) is 17.0 Å². The molecule has 0 amide bonds. The summed E-state index contributed by atoms with van der Waals surface area (Å²) in [5.74, 6) is 0.642. The fourth-order valence-corrected chi connectivity index (χ4v) is 1.75. The first kappa shape index (κ1) is 10.6. The Balaban J connectivity index is 2.67. The number of benzene rings is 1. The van der Waals surface area contributed by atoms with Crippen molar-refractivity contribution in [2.24, 2.45) is 0 Å². The molecule has 0 aliphatic heterocycles. The Labute approximate surface area is 94.2 Å². The summed E-state index contributed by atoms with van der Waals surface area (Å²) in [7, 11) is 0. The average molecular weight is 214 g/mol. The molecule has 1 aromatic heterocycles. The van der Waals surface area contributed by atoms with Crippen molar-refractivity contribution in [2.75, 3.05) is 0 Å². The van der Waals surface area contributed by atoms with Crippen LogP contribution in [0.5, 0.6) is 0 Å². The van der Waals surface area contributed by atoms with Gasteiger partial charge in [-0.25, -0.2) is 4.98 Å². The summed E-state index contributed by atoms with van der Waals surface area (Å²) in [6.45, 7) is 5.89. The zero-order chi connectivity index (χ0) is 11.7. The number of H-pyrrole nitrogens is 1. The van der Waals surface area contributed by atoms with Gasteiger partial charge in [0.05, 0.1) is 5.69 Å². The van der Waals surface area contributed by atoms with E-state index < -0.39 is 0 Å². The molecule has 0 spiro atoms. The first-order valence-electron chi connectivity index (χ1n) is 5.22. The zero-order valence-corrected chi connectivity index (χ0v) is 9.66. The molecule has 2 aromatic rings. The molecule has 0 saturated heterocycles. The third-order valence-electron chi connectivity index (χ3n) is 2.74. The second-order valence-corrected chi connectivity index (χ2v) is 3.96. The second-order valence-electron chi connectivity index (χ2n) is 3.96. The smallest absolute Gasteiger partial charge is 0.251 e. The van der Waals surface area contributed by atoms with E-state index in [0.717, 1.165) is 11.3 Å². The van der Waals surface area contributed by atoms with Crippen molar-refractivity contribution in [1.82, 2.24) is 9.97 Å². The van der Waals surface area contributed by atoms with Crippen molar-refractivity contribution in [3.63, 3.8) is 0 Å². The highest BCUT2D eigenvalue weighted by atomic mass is 16.1. The molecule has 82 valence electrons. The average Bonchev–Trinajstić information content (AvgIpc) is 2.20. The summed E-state index contributed by atoms with van der Waals surface area (Å²) in [5, 5.41) is 0. The maximum atomic E-state index is 11.4. The fourth-order valence-electron chi connectivity index (χ4n) is 1.75. The molecule has 0 unspecified atom stereocenters. The van der Waals surface area contributed by atoms with Crippen molar-refractivity contribution in [3.05, 3.63) is 51.6 Å². The topological polar surface area (TPSA) is 45.8 Å². The van der Waals surface area contributed by atoms with Crippen LogP contribution in [0.2, 0.25) is 0 Å². The van der Waals surface area contributed by atoms with Crippen LogP contribution < -0.4 is 5.56 Å². The van der Waals surface area contributed by atoms with Gasteiger partial charge in [0.1, 0.15) is 5.82 Å². The standard InChI is InChI=1S/C13H14N2O/c1-8-5-4-6-11(9(8)2)12-7-13(16)15-10(3)14-12/h4-7H,1-3H3,(H,14,15,16). The van der Waals surface area contributed by atoms with Crippen LogP contribution in [0, 0.1) is 20.8 Å². The van der Waals surface area contributed by atoms with Crippen LogP contribution in [0.25, 0.3) is 11.3 Å². The lowest BCUT2D eigenvalue weighted by atomic mass is 10.0. The molecule has 0 fully saturated rings. The van der Waals surface area contributed by atoms with Gasteiger partial charge < -0.3 is 4.98 Å². The van der Waals surface area contributed by atoms with Crippen molar-refractivity contribution in [2.45, 2.75) is 20.8 Å². The summed E-state index contributed by atoms with van der Waals surface area (Å²) in [6, 6.07) is 7.56. The van der Waals surface area contributed by atoms with E-state index in [9.17, 15) is 4.79 Å². The molecule has 0 bridgehead atoms. The van der Waals surface area contributed by atoms with Gasteiger partial charge in [-0.15, -0.1) is 0 Å². The molecule has 3 nitrogen and oxygen atoms in total. The van der Waals surface area contributed by atoms with Crippen molar-refractivity contribution in [1.29, 1.82) is 0 Å². The lowest BCUT2D eigenvalue weighted by molar-refractivity contribution is 1.02. The number of nitrogens with zero attached hydrogens (tertiary/aromatic N) is 1. The van der Waals surface area contributed by atoms with Crippen LogP contribution in [-0.2, 0) is 0 Å². The zero-order valence-electron chi connectivity index (χ0n) is 9.66. The van der Waals surface area contributed by atoms with E-state index in [-0.39, 0.29) is 5.56 Å². The summed E-state index contributed by atoms with van der Waals surface area (Å²) < 4.78 is 0. The summed E-state index contributed by atoms with van der Waals surface area (Å²) in [6.07, 6.45) is 0.